The number of amides is 1. The largest absolute Gasteiger partial charge is 0.497 e. The minimum absolute atomic E-state index is 0.0649. The second kappa shape index (κ2) is 6.07. The molecule has 122 valence electrons. The van der Waals surface area contributed by atoms with E-state index in [4.69, 9.17) is 4.74 Å². The van der Waals surface area contributed by atoms with Crippen LogP contribution in [-0.4, -0.2) is 48.4 Å². The molecule has 0 spiro atoms. The van der Waals surface area contributed by atoms with Crippen LogP contribution in [-0.2, 0) is 0 Å². The van der Waals surface area contributed by atoms with Crippen molar-refractivity contribution in [2.45, 2.75) is 39.8 Å². The van der Waals surface area contributed by atoms with Crippen LogP contribution in [0.2, 0.25) is 0 Å². The second-order valence-corrected chi connectivity index (χ2v) is 6.92. The maximum atomic E-state index is 11.6. The average molecular weight is 306 g/mol. The predicted molar refractivity (Wildman–Crippen MR) is 87.8 cm³/mol. The Morgan fingerprint density at radius 2 is 2.00 bits per heavy atom. The summed E-state index contributed by atoms with van der Waals surface area (Å²) in [7, 11) is 1.66. The zero-order chi connectivity index (χ0) is 16.5. The molecule has 1 heterocycles. The number of carboxylic acid groups (broad SMARTS) is 1. The zero-order valence-electron chi connectivity index (χ0n) is 14.0. The summed E-state index contributed by atoms with van der Waals surface area (Å²) in [5.74, 6) is 0.817. The maximum Gasteiger partial charge on any atom is 0.407 e. The molecule has 0 bridgehead atoms. The van der Waals surface area contributed by atoms with Gasteiger partial charge in [-0.3, -0.25) is 0 Å². The molecule has 1 aromatic carbocycles. The monoisotopic (exact) mass is 306 g/mol. The number of piperazine rings is 1. The fourth-order valence-corrected chi connectivity index (χ4v) is 3.55. The maximum absolute atomic E-state index is 11.6. The van der Waals surface area contributed by atoms with Gasteiger partial charge in [-0.05, 0) is 24.5 Å². The third-order valence-electron chi connectivity index (χ3n) is 4.38. The zero-order valence-corrected chi connectivity index (χ0v) is 14.0. The van der Waals surface area contributed by atoms with Crippen LogP contribution in [0.15, 0.2) is 24.3 Å². The molecule has 5 heteroatoms. The van der Waals surface area contributed by atoms with Gasteiger partial charge in [-0.2, -0.15) is 0 Å². The fraction of sp³-hybridized carbons (Fsp3) is 0.588. The molecule has 1 amide bonds. The normalized spacial score (nSPS) is 22.6. The van der Waals surface area contributed by atoms with Gasteiger partial charge in [-0.15, -0.1) is 0 Å². The van der Waals surface area contributed by atoms with Gasteiger partial charge in [0.1, 0.15) is 5.75 Å². The van der Waals surface area contributed by atoms with Gasteiger partial charge in [-0.1, -0.05) is 26.8 Å². The minimum Gasteiger partial charge on any atom is -0.497 e. The molecular weight excluding hydrogens is 280 g/mol. The van der Waals surface area contributed by atoms with E-state index in [1.54, 1.807) is 12.0 Å². The summed E-state index contributed by atoms with van der Waals surface area (Å²) in [6, 6.07) is 7.98. The SMILES string of the molecule is COc1cccc(N2CCN(C(=O)O)[C@@H](C(C)(C)C)C2C)c1. The molecule has 5 nitrogen and oxygen atoms in total. The van der Waals surface area contributed by atoms with Gasteiger partial charge in [0.25, 0.3) is 0 Å². The van der Waals surface area contributed by atoms with E-state index in [2.05, 4.69) is 38.7 Å². The van der Waals surface area contributed by atoms with E-state index in [0.29, 0.717) is 13.1 Å². The number of methoxy groups -OCH3 is 1. The van der Waals surface area contributed by atoms with Gasteiger partial charge in [-0.25, -0.2) is 4.79 Å². The van der Waals surface area contributed by atoms with E-state index in [1.807, 2.05) is 18.2 Å². The average Bonchev–Trinajstić information content (AvgIpc) is 2.45. The minimum atomic E-state index is -0.836. The van der Waals surface area contributed by atoms with Gasteiger partial charge >= 0.3 is 6.09 Å². The molecule has 2 atom stereocenters. The molecule has 1 aliphatic rings. The molecule has 0 aromatic heterocycles. The third kappa shape index (κ3) is 3.13. The Balaban J connectivity index is 2.34. The number of ether oxygens (including phenoxy) is 1. The van der Waals surface area contributed by atoms with E-state index in [0.717, 1.165) is 11.4 Å². The number of rotatable bonds is 2. The Hall–Kier alpha value is -1.91. The number of nitrogens with zero attached hydrogens (tertiary/aromatic N) is 2. The quantitative estimate of drug-likeness (QED) is 0.911. The standard InChI is InChI=1S/C17H26N2O3/c1-12-15(17(2,3)4)19(16(20)21)10-9-18(12)13-7-6-8-14(11-13)22-5/h6-8,11-12,15H,9-10H2,1-5H3,(H,20,21)/t12?,15-/m1/s1. The van der Waals surface area contributed by atoms with Crippen LogP contribution in [0.3, 0.4) is 0 Å². The Morgan fingerprint density at radius 1 is 1.32 bits per heavy atom. The highest BCUT2D eigenvalue weighted by Crippen LogP contribution is 2.35. The van der Waals surface area contributed by atoms with Crippen molar-refractivity contribution in [1.82, 2.24) is 4.90 Å². The van der Waals surface area contributed by atoms with Crippen molar-refractivity contribution in [3.05, 3.63) is 24.3 Å². The Kier molecular flexibility index (Phi) is 4.54. The van der Waals surface area contributed by atoms with E-state index in [-0.39, 0.29) is 17.5 Å². The van der Waals surface area contributed by atoms with Crippen LogP contribution < -0.4 is 9.64 Å². The Bertz CT molecular complexity index is 539. The van der Waals surface area contributed by atoms with E-state index in [9.17, 15) is 9.90 Å². The number of hydrogen-bond donors (Lipinski definition) is 1. The van der Waals surface area contributed by atoms with Crippen LogP contribution in [0, 0.1) is 5.41 Å². The molecule has 1 N–H and O–H groups in total. The lowest BCUT2D eigenvalue weighted by Gasteiger charge is -2.51. The first-order valence-corrected chi connectivity index (χ1v) is 7.66. The molecular formula is C17H26N2O3. The molecule has 2 rings (SSSR count). The third-order valence-corrected chi connectivity index (χ3v) is 4.38. The van der Waals surface area contributed by atoms with Crippen molar-refractivity contribution in [2.24, 2.45) is 5.41 Å². The second-order valence-electron chi connectivity index (χ2n) is 6.92. The molecule has 22 heavy (non-hydrogen) atoms. The summed E-state index contributed by atoms with van der Waals surface area (Å²) in [6.45, 7) is 9.59. The van der Waals surface area contributed by atoms with Crippen LogP contribution in [0.25, 0.3) is 0 Å². The first-order valence-electron chi connectivity index (χ1n) is 7.66. The van der Waals surface area contributed by atoms with E-state index in [1.165, 1.54) is 0 Å². The molecule has 1 aromatic rings. The molecule has 1 aliphatic heterocycles. The summed E-state index contributed by atoms with van der Waals surface area (Å²) in [6.07, 6.45) is -0.836. The van der Waals surface area contributed by atoms with Crippen molar-refractivity contribution in [1.29, 1.82) is 0 Å². The summed E-state index contributed by atoms with van der Waals surface area (Å²) in [4.78, 5) is 15.4. The first kappa shape index (κ1) is 16.5. The number of anilines is 1. The smallest absolute Gasteiger partial charge is 0.407 e. The lowest BCUT2D eigenvalue weighted by molar-refractivity contribution is 0.0564. The van der Waals surface area contributed by atoms with Crippen LogP contribution in [0.4, 0.5) is 10.5 Å². The summed E-state index contributed by atoms with van der Waals surface area (Å²) in [5, 5.41) is 9.52. The van der Waals surface area contributed by atoms with Crippen LogP contribution in [0.1, 0.15) is 27.7 Å². The highest BCUT2D eigenvalue weighted by atomic mass is 16.5. The Morgan fingerprint density at radius 3 is 2.55 bits per heavy atom. The van der Waals surface area contributed by atoms with Crippen LogP contribution >= 0.6 is 0 Å². The van der Waals surface area contributed by atoms with Gasteiger partial charge in [0.2, 0.25) is 0 Å². The topological polar surface area (TPSA) is 53.0 Å². The van der Waals surface area contributed by atoms with Crippen molar-refractivity contribution in [3.63, 3.8) is 0 Å². The molecule has 0 radical (unpaired) electrons. The molecule has 0 aliphatic carbocycles. The number of hydrogen-bond acceptors (Lipinski definition) is 3. The highest BCUT2D eigenvalue weighted by Gasteiger charge is 2.43. The van der Waals surface area contributed by atoms with Gasteiger partial charge in [0.05, 0.1) is 13.2 Å². The van der Waals surface area contributed by atoms with Crippen molar-refractivity contribution >= 4 is 11.8 Å². The van der Waals surface area contributed by atoms with Crippen LogP contribution in [0.5, 0.6) is 5.75 Å². The fourth-order valence-electron chi connectivity index (χ4n) is 3.55. The van der Waals surface area contributed by atoms with Gasteiger partial charge < -0.3 is 19.6 Å². The first-order chi connectivity index (χ1) is 10.3. The summed E-state index contributed by atoms with van der Waals surface area (Å²) in [5.41, 5.74) is 0.946. The predicted octanol–water partition coefficient (Wildman–Crippen LogP) is 3.30. The summed E-state index contributed by atoms with van der Waals surface area (Å²) < 4.78 is 5.30. The molecule has 1 fully saturated rings. The molecule has 1 saturated heterocycles. The van der Waals surface area contributed by atoms with Crippen molar-refractivity contribution < 1.29 is 14.6 Å². The number of carbonyl (C=O) groups is 1. The van der Waals surface area contributed by atoms with Gasteiger partial charge in [0, 0.05) is 30.9 Å². The van der Waals surface area contributed by atoms with E-state index >= 15 is 0 Å². The Labute approximate surface area is 132 Å². The van der Waals surface area contributed by atoms with Crippen molar-refractivity contribution in [2.75, 3.05) is 25.1 Å². The lowest BCUT2D eigenvalue weighted by atomic mass is 9.80. The van der Waals surface area contributed by atoms with Crippen molar-refractivity contribution in [3.8, 4) is 5.75 Å². The molecule has 0 saturated carbocycles. The lowest BCUT2D eigenvalue weighted by Crippen LogP contribution is -2.64. The van der Waals surface area contributed by atoms with Gasteiger partial charge in [0.15, 0.2) is 0 Å². The summed E-state index contributed by atoms with van der Waals surface area (Å²) >= 11 is 0. The highest BCUT2D eigenvalue weighted by molar-refractivity contribution is 5.67. The van der Waals surface area contributed by atoms with E-state index < -0.39 is 6.09 Å². The number of benzene rings is 1. The molecule has 1 unspecified atom stereocenters.